The standard InChI is InChI=1S/C26H29Cl2NO2.ClH/c1-3-8-24(20-9-6-5-7-10-20)29-17-19-11-14-25(26(15-19)30-4-2)31-18-21-12-13-22(27)16-23(21)28;/h5-7,9-16,24,29H,3-4,8,17-18H2,1-2H3;1H. The van der Waals surface area contributed by atoms with E-state index in [0.29, 0.717) is 35.1 Å². The van der Waals surface area contributed by atoms with E-state index in [4.69, 9.17) is 32.7 Å². The van der Waals surface area contributed by atoms with Gasteiger partial charge in [0, 0.05) is 28.2 Å². The van der Waals surface area contributed by atoms with Crippen LogP contribution in [0.25, 0.3) is 0 Å². The third-order valence-electron chi connectivity index (χ3n) is 5.04. The number of hydrogen-bond acceptors (Lipinski definition) is 3. The smallest absolute Gasteiger partial charge is 0.161 e. The molecular formula is C26H30Cl3NO2. The average Bonchev–Trinajstić information content (AvgIpc) is 2.78. The first kappa shape index (κ1) is 26.3. The zero-order chi connectivity index (χ0) is 22.1. The van der Waals surface area contributed by atoms with Gasteiger partial charge in [-0.2, -0.15) is 0 Å². The van der Waals surface area contributed by atoms with Crippen molar-refractivity contribution in [2.24, 2.45) is 0 Å². The van der Waals surface area contributed by atoms with Crippen molar-refractivity contribution in [3.8, 4) is 11.5 Å². The number of rotatable bonds is 11. The summed E-state index contributed by atoms with van der Waals surface area (Å²) in [5, 5.41) is 4.89. The molecule has 0 fully saturated rings. The Bertz CT molecular complexity index is 967. The van der Waals surface area contributed by atoms with Gasteiger partial charge in [-0.1, -0.05) is 79.0 Å². The molecule has 0 bridgehead atoms. The minimum absolute atomic E-state index is 0. The van der Waals surface area contributed by atoms with Gasteiger partial charge in [0.05, 0.1) is 6.61 Å². The number of benzene rings is 3. The topological polar surface area (TPSA) is 30.5 Å². The summed E-state index contributed by atoms with van der Waals surface area (Å²) in [5.41, 5.74) is 3.34. The van der Waals surface area contributed by atoms with Crippen LogP contribution in [0.4, 0.5) is 0 Å². The quantitative estimate of drug-likeness (QED) is 0.293. The van der Waals surface area contributed by atoms with E-state index in [1.807, 2.05) is 31.2 Å². The van der Waals surface area contributed by atoms with Crippen LogP contribution in [-0.2, 0) is 13.2 Å². The van der Waals surface area contributed by atoms with Crippen molar-refractivity contribution in [2.75, 3.05) is 6.61 Å². The predicted molar refractivity (Wildman–Crippen MR) is 137 cm³/mol. The molecule has 1 N–H and O–H groups in total. The molecule has 0 aliphatic rings. The summed E-state index contributed by atoms with van der Waals surface area (Å²) in [6.45, 7) is 5.85. The van der Waals surface area contributed by atoms with Crippen molar-refractivity contribution in [1.82, 2.24) is 5.32 Å². The van der Waals surface area contributed by atoms with Crippen molar-refractivity contribution in [3.63, 3.8) is 0 Å². The second-order valence-electron chi connectivity index (χ2n) is 7.37. The number of hydrogen-bond donors (Lipinski definition) is 1. The van der Waals surface area contributed by atoms with Gasteiger partial charge in [0.25, 0.3) is 0 Å². The largest absolute Gasteiger partial charge is 0.490 e. The molecule has 0 spiro atoms. The highest BCUT2D eigenvalue weighted by atomic mass is 35.5. The van der Waals surface area contributed by atoms with E-state index in [-0.39, 0.29) is 12.4 Å². The molecule has 3 rings (SSSR count). The van der Waals surface area contributed by atoms with Crippen LogP contribution in [0.3, 0.4) is 0 Å². The van der Waals surface area contributed by atoms with Crippen LogP contribution in [0.1, 0.15) is 49.4 Å². The van der Waals surface area contributed by atoms with Crippen LogP contribution < -0.4 is 14.8 Å². The molecule has 0 amide bonds. The SMILES string of the molecule is CCCC(NCc1ccc(OCc2ccc(Cl)cc2Cl)c(OCC)c1)c1ccccc1.Cl. The third-order valence-corrected chi connectivity index (χ3v) is 5.63. The lowest BCUT2D eigenvalue weighted by atomic mass is 10.0. The Balaban J connectivity index is 0.00000363. The molecular weight excluding hydrogens is 465 g/mol. The molecule has 0 aromatic heterocycles. The molecule has 0 aliphatic carbocycles. The molecule has 172 valence electrons. The van der Waals surface area contributed by atoms with Gasteiger partial charge in [0.1, 0.15) is 6.61 Å². The van der Waals surface area contributed by atoms with Crippen LogP contribution in [0, 0.1) is 0 Å². The van der Waals surface area contributed by atoms with Gasteiger partial charge in [-0.25, -0.2) is 0 Å². The number of halogens is 3. The molecule has 3 nitrogen and oxygen atoms in total. The molecule has 1 atom stereocenters. The minimum Gasteiger partial charge on any atom is -0.490 e. The highest BCUT2D eigenvalue weighted by Gasteiger charge is 2.12. The molecule has 3 aromatic rings. The molecule has 32 heavy (non-hydrogen) atoms. The molecule has 0 saturated carbocycles. The molecule has 1 unspecified atom stereocenters. The van der Waals surface area contributed by atoms with Crippen molar-refractivity contribution in [1.29, 1.82) is 0 Å². The normalized spacial score (nSPS) is 11.5. The Labute approximate surface area is 207 Å². The van der Waals surface area contributed by atoms with Gasteiger partial charge in [0.15, 0.2) is 11.5 Å². The van der Waals surface area contributed by atoms with Crippen LogP contribution in [0.2, 0.25) is 10.0 Å². The minimum atomic E-state index is 0. The summed E-state index contributed by atoms with van der Waals surface area (Å²) in [5.74, 6) is 1.43. The van der Waals surface area contributed by atoms with E-state index >= 15 is 0 Å². The monoisotopic (exact) mass is 493 g/mol. The van der Waals surface area contributed by atoms with E-state index in [0.717, 1.165) is 36.3 Å². The summed E-state index contributed by atoms with van der Waals surface area (Å²) >= 11 is 12.2. The van der Waals surface area contributed by atoms with Gasteiger partial charge < -0.3 is 14.8 Å². The zero-order valence-corrected chi connectivity index (χ0v) is 20.8. The second kappa shape index (κ2) is 13.6. The maximum atomic E-state index is 6.27. The zero-order valence-electron chi connectivity index (χ0n) is 18.4. The first-order valence-electron chi connectivity index (χ1n) is 10.7. The molecule has 0 radical (unpaired) electrons. The summed E-state index contributed by atoms with van der Waals surface area (Å²) in [4.78, 5) is 0. The summed E-state index contributed by atoms with van der Waals surface area (Å²) in [6, 6.07) is 22.4. The van der Waals surface area contributed by atoms with Crippen molar-refractivity contribution < 1.29 is 9.47 Å². The molecule has 0 heterocycles. The van der Waals surface area contributed by atoms with E-state index in [1.165, 1.54) is 5.56 Å². The fourth-order valence-corrected chi connectivity index (χ4v) is 3.91. The van der Waals surface area contributed by atoms with Crippen molar-refractivity contribution >= 4 is 35.6 Å². The first-order chi connectivity index (χ1) is 15.1. The van der Waals surface area contributed by atoms with Gasteiger partial charge in [-0.05, 0) is 48.7 Å². The third kappa shape index (κ3) is 7.60. The van der Waals surface area contributed by atoms with Gasteiger partial charge in [-0.3, -0.25) is 0 Å². The van der Waals surface area contributed by atoms with E-state index in [1.54, 1.807) is 6.07 Å². The predicted octanol–water partition coefficient (Wildman–Crippen LogP) is 8.02. The van der Waals surface area contributed by atoms with Gasteiger partial charge in [0.2, 0.25) is 0 Å². The number of ether oxygens (including phenoxy) is 2. The Morgan fingerprint density at radius 1 is 0.875 bits per heavy atom. The summed E-state index contributed by atoms with van der Waals surface area (Å²) in [7, 11) is 0. The van der Waals surface area contributed by atoms with Crippen LogP contribution in [0.15, 0.2) is 66.7 Å². The summed E-state index contributed by atoms with van der Waals surface area (Å²) < 4.78 is 11.9. The lowest BCUT2D eigenvalue weighted by Gasteiger charge is -2.19. The second-order valence-corrected chi connectivity index (χ2v) is 8.21. The highest BCUT2D eigenvalue weighted by Crippen LogP contribution is 2.31. The Kier molecular flexibility index (Phi) is 11.2. The lowest BCUT2D eigenvalue weighted by molar-refractivity contribution is 0.269. The van der Waals surface area contributed by atoms with Crippen LogP contribution in [-0.4, -0.2) is 6.61 Å². The van der Waals surface area contributed by atoms with Gasteiger partial charge >= 0.3 is 0 Å². The summed E-state index contributed by atoms with van der Waals surface area (Å²) in [6.07, 6.45) is 2.21. The molecule has 0 aliphatic heterocycles. The van der Waals surface area contributed by atoms with Crippen molar-refractivity contribution in [3.05, 3.63) is 93.5 Å². The van der Waals surface area contributed by atoms with E-state index < -0.39 is 0 Å². The molecule has 0 saturated heterocycles. The van der Waals surface area contributed by atoms with Crippen LogP contribution >= 0.6 is 35.6 Å². The maximum Gasteiger partial charge on any atom is 0.161 e. The van der Waals surface area contributed by atoms with Gasteiger partial charge in [-0.15, -0.1) is 12.4 Å². The fraction of sp³-hybridized carbons (Fsp3) is 0.308. The van der Waals surface area contributed by atoms with E-state index in [9.17, 15) is 0 Å². The average molecular weight is 495 g/mol. The van der Waals surface area contributed by atoms with Crippen LogP contribution in [0.5, 0.6) is 11.5 Å². The number of nitrogens with one attached hydrogen (secondary N) is 1. The first-order valence-corrected chi connectivity index (χ1v) is 11.5. The maximum absolute atomic E-state index is 6.27. The molecule has 6 heteroatoms. The Hall–Kier alpha value is -1.91. The Morgan fingerprint density at radius 3 is 2.34 bits per heavy atom. The molecule has 3 aromatic carbocycles. The fourth-order valence-electron chi connectivity index (χ4n) is 3.45. The highest BCUT2D eigenvalue weighted by molar-refractivity contribution is 6.35. The Morgan fingerprint density at radius 2 is 1.66 bits per heavy atom. The van der Waals surface area contributed by atoms with E-state index in [2.05, 4.69) is 48.6 Å². The lowest BCUT2D eigenvalue weighted by Crippen LogP contribution is -2.20. The van der Waals surface area contributed by atoms with Crippen molar-refractivity contribution in [2.45, 2.75) is 45.9 Å².